The van der Waals surface area contributed by atoms with Gasteiger partial charge in [-0.2, -0.15) is 0 Å². The van der Waals surface area contributed by atoms with Crippen molar-refractivity contribution in [3.63, 3.8) is 0 Å². The SMILES string of the molecule is CCc1ccc2c(c1)CCC(C1CC1)N2S(=O)(=O)c1ccc(OCc2nnn(C)c2C)c(CO)c1. The third-order valence-corrected chi connectivity index (χ3v) is 9.13. The zero-order valence-corrected chi connectivity index (χ0v) is 21.3. The average Bonchev–Trinajstić information content (AvgIpc) is 3.67. The molecule has 5 rings (SSSR count). The number of aryl methyl sites for hydroxylation is 3. The number of aromatic nitrogens is 3. The van der Waals surface area contributed by atoms with E-state index in [9.17, 15) is 13.5 Å². The van der Waals surface area contributed by atoms with Gasteiger partial charge in [-0.25, -0.2) is 8.42 Å². The minimum Gasteiger partial charge on any atom is -0.487 e. The van der Waals surface area contributed by atoms with Crippen LogP contribution in [0.3, 0.4) is 0 Å². The summed E-state index contributed by atoms with van der Waals surface area (Å²) >= 11 is 0. The number of fused-ring (bicyclic) bond motifs is 1. The summed E-state index contributed by atoms with van der Waals surface area (Å²) in [5.41, 5.74) is 5.09. The van der Waals surface area contributed by atoms with Gasteiger partial charge in [0, 0.05) is 18.7 Å². The number of rotatable bonds is 8. The van der Waals surface area contributed by atoms with Gasteiger partial charge < -0.3 is 9.84 Å². The molecule has 0 amide bonds. The van der Waals surface area contributed by atoms with Crippen LogP contribution in [0.4, 0.5) is 5.69 Å². The average molecular weight is 497 g/mol. The second kappa shape index (κ2) is 9.28. The van der Waals surface area contributed by atoms with E-state index in [0.717, 1.165) is 49.0 Å². The van der Waals surface area contributed by atoms with Crippen LogP contribution in [-0.2, 0) is 43.1 Å². The first-order valence-electron chi connectivity index (χ1n) is 12.2. The zero-order valence-electron chi connectivity index (χ0n) is 20.4. The van der Waals surface area contributed by atoms with Crippen molar-refractivity contribution < 1.29 is 18.3 Å². The molecule has 1 aliphatic heterocycles. The molecule has 1 fully saturated rings. The quantitative estimate of drug-likeness (QED) is 0.511. The summed E-state index contributed by atoms with van der Waals surface area (Å²) in [5, 5.41) is 18.1. The Hall–Kier alpha value is -2.91. The van der Waals surface area contributed by atoms with Gasteiger partial charge in [0.15, 0.2) is 0 Å². The highest BCUT2D eigenvalue weighted by Crippen LogP contribution is 2.45. The van der Waals surface area contributed by atoms with Crippen LogP contribution < -0.4 is 9.04 Å². The topological polar surface area (TPSA) is 97.5 Å². The van der Waals surface area contributed by atoms with Crippen molar-refractivity contribution in [1.29, 1.82) is 0 Å². The maximum Gasteiger partial charge on any atom is 0.264 e. The van der Waals surface area contributed by atoms with Gasteiger partial charge >= 0.3 is 0 Å². The highest BCUT2D eigenvalue weighted by Gasteiger charge is 2.43. The molecule has 35 heavy (non-hydrogen) atoms. The lowest BCUT2D eigenvalue weighted by Gasteiger charge is -2.38. The molecular weight excluding hydrogens is 464 g/mol. The molecule has 186 valence electrons. The standard InChI is InChI=1S/C26H32N4O4S/c1-4-18-5-10-25-20(13-18)8-11-24(19-6-7-19)30(25)35(32,33)22-9-12-26(21(14-22)15-31)34-16-23-17(2)29(3)28-27-23/h5,9-10,12-14,19,24,31H,4,6-8,11,15-16H2,1-3H3. The molecule has 0 spiro atoms. The van der Waals surface area contributed by atoms with E-state index in [1.165, 1.54) is 11.6 Å². The summed E-state index contributed by atoms with van der Waals surface area (Å²) in [6.45, 7) is 3.86. The lowest BCUT2D eigenvalue weighted by molar-refractivity contribution is 0.257. The molecule has 0 saturated heterocycles. The van der Waals surface area contributed by atoms with E-state index in [0.29, 0.717) is 22.9 Å². The fourth-order valence-corrected chi connectivity index (χ4v) is 6.74. The van der Waals surface area contributed by atoms with Crippen molar-refractivity contribution in [1.82, 2.24) is 15.0 Å². The van der Waals surface area contributed by atoms with Gasteiger partial charge in [0.1, 0.15) is 18.1 Å². The Balaban J connectivity index is 1.48. The minimum atomic E-state index is -3.83. The third kappa shape index (κ3) is 4.43. The van der Waals surface area contributed by atoms with Crippen LogP contribution in [0.1, 0.15) is 54.3 Å². The first-order valence-corrected chi connectivity index (χ1v) is 13.7. The van der Waals surface area contributed by atoms with Crippen LogP contribution in [0.25, 0.3) is 0 Å². The van der Waals surface area contributed by atoms with E-state index in [-0.39, 0.29) is 24.2 Å². The molecule has 1 N–H and O–H groups in total. The summed E-state index contributed by atoms with van der Waals surface area (Å²) in [7, 11) is -2.02. The number of nitrogens with zero attached hydrogens (tertiary/aromatic N) is 4. The Kier molecular flexibility index (Phi) is 6.31. The van der Waals surface area contributed by atoms with Crippen LogP contribution in [0, 0.1) is 12.8 Å². The summed E-state index contributed by atoms with van der Waals surface area (Å²) in [6.07, 6.45) is 4.77. The molecule has 3 aromatic rings. The second-order valence-electron chi connectivity index (χ2n) is 9.52. The van der Waals surface area contributed by atoms with Gasteiger partial charge in [-0.3, -0.25) is 8.99 Å². The Morgan fingerprint density at radius 1 is 1.14 bits per heavy atom. The van der Waals surface area contributed by atoms with Gasteiger partial charge in [-0.15, -0.1) is 5.10 Å². The fourth-order valence-electron chi connectivity index (χ4n) is 4.91. The summed E-state index contributed by atoms with van der Waals surface area (Å²) < 4.78 is 37.3. The molecule has 1 saturated carbocycles. The molecule has 1 atom stereocenters. The maximum atomic E-state index is 14.0. The smallest absolute Gasteiger partial charge is 0.264 e. The summed E-state index contributed by atoms with van der Waals surface area (Å²) in [6, 6.07) is 10.8. The van der Waals surface area contributed by atoms with E-state index in [1.807, 2.05) is 19.1 Å². The van der Waals surface area contributed by atoms with Crippen molar-refractivity contribution >= 4 is 15.7 Å². The first kappa shape index (κ1) is 23.8. The molecule has 1 aromatic heterocycles. The number of sulfonamides is 1. The van der Waals surface area contributed by atoms with Crippen molar-refractivity contribution in [2.75, 3.05) is 4.31 Å². The van der Waals surface area contributed by atoms with Gasteiger partial charge in [0.05, 0.1) is 22.9 Å². The maximum absolute atomic E-state index is 14.0. The largest absolute Gasteiger partial charge is 0.487 e. The molecule has 1 aliphatic carbocycles. The lowest BCUT2D eigenvalue weighted by atomic mass is 9.93. The third-order valence-electron chi connectivity index (χ3n) is 7.29. The number of hydrogen-bond donors (Lipinski definition) is 1. The van der Waals surface area contributed by atoms with E-state index in [1.54, 1.807) is 28.2 Å². The monoisotopic (exact) mass is 496 g/mol. The van der Waals surface area contributed by atoms with Gasteiger partial charge in [-0.1, -0.05) is 24.3 Å². The van der Waals surface area contributed by atoms with Crippen LogP contribution in [0.2, 0.25) is 0 Å². The molecule has 9 heteroatoms. The van der Waals surface area contributed by atoms with Crippen LogP contribution in [-0.4, -0.2) is 34.6 Å². The Bertz CT molecular complexity index is 1350. The van der Waals surface area contributed by atoms with Crippen molar-refractivity contribution in [2.24, 2.45) is 13.0 Å². The predicted octanol–water partition coefficient (Wildman–Crippen LogP) is 3.68. The van der Waals surface area contributed by atoms with Gasteiger partial charge in [-0.05, 0) is 80.3 Å². The van der Waals surface area contributed by atoms with E-state index < -0.39 is 10.0 Å². The first-order chi connectivity index (χ1) is 16.8. The normalized spacial score (nSPS) is 17.9. The zero-order chi connectivity index (χ0) is 24.7. The number of ether oxygens (including phenoxy) is 1. The van der Waals surface area contributed by atoms with Crippen molar-refractivity contribution in [3.05, 3.63) is 64.5 Å². The number of hydrogen-bond acceptors (Lipinski definition) is 6. The van der Waals surface area contributed by atoms with E-state index in [2.05, 4.69) is 23.3 Å². The Morgan fingerprint density at radius 2 is 1.94 bits per heavy atom. The van der Waals surface area contributed by atoms with Crippen molar-refractivity contribution in [3.8, 4) is 5.75 Å². The van der Waals surface area contributed by atoms with Crippen LogP contribution in [0.5, 0.6) is 5.75 Å². The molecule has 8 nitrogen and oxygen atoms in total. The van der Waals surface area contributed by atoms with Crippen LogP contribution in [0.15, 0.2) is 41.3 Å². The number of aliphatic hydroxyl groups is 1. The van der Waals surface area contributed by atoms with Crippen LogP contribution >= 0.6 is 0 Å². The van der Waals surface area contributed by atoms with E-state index >= 15 is 0 Å². The molecule has 2 heterocycles. The molecule has 2 aliphatic rings. The number of benzene rings is 2. The number of aliphatic hydroxyl groups excluding tert-OH is 1. The van der Waals surface area contributed by atoms with E-state index in [4.69, 9.17) is 4.74 Å². The number of anilines is 1. The van der Waals surface area contributed by atoms with Gasteiger partial charge in [0.25, 0.3) is 10.0 Å². The highest BCUT2D eigenvalue weighted by molar-refractivity contribution is 7.92. The predicted molar refractivity (Wildman–Crippen MR) is 133 cm³/mol. The molecule has 2 aromatic carbocycles. The summed E-state index contributed by atoms with van der Waals surface area (Å²) in [4.78, 5) is 0.169. The lowest BCUT2D eigenvalue weighted by Crippen LogP contribution is -2.45. The molecule has 1 unspecified atom stereocenters. The molecular formula is C26H32N4O4S. The second-order valence-corrected chi connectivity index (χ2v) is 11.3. The minimum absolute atomic E-state index is 0.0342. The molecule has 0 bridgehead atoms. The fraction of sp³-hybridized carbons (Fsp3) is 0.462. The Morgan fingerprint density at radius 3 is 2.60 bits per heavy atom. The van der Waals surface area contributed by atoms with Crippen molar-refractivity contribution in [2.45, 2.75) is 70.1 Å². The van der Waals surface area contributed by atoms with Gasteiger partial charge in [0.2, 0.25) is 0 Å². The molecule has 0 radical (unpaired) electrons. The summed E-state index contributed by atoms with van der Waals surface area (Å²) in [5.74, 6) is 0.834. The Labute approximate surface area is 206 Å². The highest BCUT2D eigenvalue weighted by atomic mass is 32.2.